The largest absolute Gasteiger partial charge is 0.508 e. The molecule has 2 N–H and O–H groups in total. The third kappa shape index (κ3) is 15.5. The van der Waals surface area contributed by atoms with Gasteiger partial charge < -0.3 is 20.1 Å². The highest BCUT2D eigenvalue weighted by Gasteiger charge is 2.02. The summed E-state index contributed by atoms with van der Waals surface area (Å²) in [6, 6.07) is 0. The summed E-state index contributed by atoms with van der Waals surface area (Å²) in [5.41, 5.74) is 0. The molecule has 0 aromatic rings. The van der Waals surface area contributed by atoms with Gasteiger partial charge in [-0.3, -0.25) is 0 Å². The van der Waals surface area contributed by atoms with Crippen molar-refractivity contribution in [3.63, 3.8) is 0 Å². The average Bonchev–Trinajstić information content (AvgIpc) is 2.28. The zero-order valence-corrected chi connectivity index (χ0v) is 11.6. The van der Waals surface area contributed by atoms with Gasteiger partial charge in [-0.1, -0.05) is 13.8 Å². The molecule has 0 saturated carbocycles. The minimum Gasteiger partial charge on any atom is -0.434 e. The van der Waals surface area contributed by atoms with Crippen LogP contribution in [0.1, 0.15) is 26.7 Å². The molecule has 0 amide bonds. The smallest absolute Gasteiger partial charge is 0.434 e. The Hall–Kier alpha value is -0.520. The fourth-order valence-corrected chi connectivity index (χ4v) is 1.10. The average molecular weight is 269 g/mol. The minimum atomic E-state index is -0.562. The standard InChI is InChI=1S/C11H24N2O3.ClH/c1-3-12-7-5-9-15-11(14)16-10-6-8-13-4-2;/h12-13H,3-10H2,1-2H3;1H. The maximum absolute atomic E-state index is 11.0. The summed E-state index contributed by atoms with van der Waals surface area (Å²) in [5, 5.41) is 6.30. The second-order valence-corrected chi connectivity index (χ2v) is 3.36. The normalized spacial score (nSPS) is 9.53. The first-order valence-corrected chi connectivity index (χ1v) is 6.02. The molecule has 0 atom stereocenters. The van der Waals surface area contributed by atoms with Gasteiger partial charge in [0.15, 0.2) is 0 Å². The van der Waals surface area contributed by atoms with E-state index < -0.39 is 6.16 Å². The van der Waals surface area contributed by atoms with Crippen molar-refractivity contribution >= 4 is 18.6 Å². The Bertz CT molecular complexity index is 155. The molecule has 0 aliphatic rings. The topological polar surface area (TPSA) is 59.6 Å². The molecule has 0 aromatic heterocycles. The van der Waals surface area contributed by atoms with Crippen LogP contribution in [0, 0.1) is 0 Å². The maximum atomic E-state index is 11.0. The highest BCUT2D eigenvalue weighted by Crippen LogP contribution is 1.89. The summed E-state index contributed by atoms with van der Waals surface area (Å²) in [4.78, 5) is 11.0. The van der Waals surface area contributed by atoms with E-state index in [1.165, 1.54) is 0 Å². The van der Waals surface area contributed by atoms with Gasteiger partial charge in [-0.2, -0.15) is 0 Å². The Morgan fingerprint density at radius 3 is 1.71 bits per heavy atom. The molecular formula is C11H25ClN2O3. The first kappa shape index (κ1) is 18.8. The van der Waals surface area contributed by atoms with Crippen LogP contribution in [-0.2, 0) is 9.47 Å². The summed E-state index contributed by atoms with van der Waals surface area (Å²) < 4.78 is 9.75. The zero-order valence-electron chi connectivity index (χ0n) is 10.8. The van der Waals surface area contributed by atoms with E-state index in [9.17, 15) is 4.79 Å². The van der Waals surface area contributed by atoms with Crippen molar-refractivity contribution in [3.8, 4) is 0 Å². The van der Waals surface area contributed by atoms with Crippen LogP contribution >= 0.6 is 12.4 Å². The van der Waals surface area contributed by atoms with Gasteiger partial charge in [-0.25, -0.2) is 4.79 Å². The molecule has 0 unspecified atom stereocenters. The van der Waals surface area contributed by atoms with E-state index in [2.05, 4.69) is 10.6 Å². The third-order valence-corrected chi connectivity index (χ3v) is 1.94. The van der Waals surface area contributed by atoms with Gasteiger partial charge in [0.25, 0.3) is 0 Å². The fourth-order valence-electron chi connectivity index (χ4n) is 1.10. The summed E-state index contributed by atoms with van der Waals surface area (Å²) in [5.74, 6) is 0. The van der Waals surface area contributed by atoms with E-state index in [0.717, 1.165) is 39.0 Å². The Balaban J connectivity index is 0. The highest BCUT2D eigenvalue weighted by atomic mass is 35.5. The molecule has 0 aromatic carbocycles. The first-order chi connectivity index (χ1) is 7.81. The quantitative estimate of drug-likeness (QED) is 0.465. The first-order valence-electron chi connectivity index (χ1n) is 6.02. The molecule has 17 heavy (non-hydrogen) atoms. The van der Waals surface area contributed by atoms with Crippen LogP contribution in [0.5, 0.6) is 0 Å². The van der Waals surface area contributed by atoms with Gasteiger partial charge >= 0.3 is 6.16 Å². The van der Waals surface area contributed by atoms with Crippen LogP contribution in [0.25, 0.3) is 0 Å². The van der Waals surface area contributed by atoms with Crippen molar-refractivity contribution in [2.45, 2.75) is 26.7 Å². The molecule has 0 aliphatic heterocycles. The molecule has 0 saturated heterocycles. The Morgan fingerprint density at radius 2 is 1.35 bits per heavy atom. The zero-order chi connectivity index (χ0) is 12.1. The molecular weight excluding hydrogens is 244 g/mol. The number of carbonyl (C=O) groups is 1. The molecule has 0 rings (SSSR count). The van der Waals surface area contributed by atoms with Crippen LogP contribution < -0.4 is 10.6 Å². The number of rotatable bonds is 10. The van der Waals surface area contributed by atoms with Crippen LogP contribution in [0.15, 0.2) is 0 Å². The second kappa shape index (κ2) is 15.5. The summed E-state index contributed by atoms with van der Waals surface area (Å²) in [7, 11) is 0. The number of hydrogen-bond donors (Lipinski definition) is 2. The van der Waals surface area contributed by atoms with Crippen molar-refractivity contribution in [2.24, 2.45) is 0 Å². The van der Waals surface area contributed by atoms with Gasteiger partial charge in [-0.05, 0) is 39.0 Å². The van der Waals surface area contributed by atoms with Gasteiger partial charge in [0, 0.05) is 0 Å². The molecule has 0 fully saturated rings. The monoisotopic (exact) mass is 268 g/mol. The van der Waals surface area contributed by atoms with Crippen LogP contribution in [0.4, 0.5) is 4.79 Å². The lowest BCUT2D eigenvalue weighted by atomic mass is 10.4. The number of carbonyl (C=O) groups excluding carboxylic acids is 1. The van der Waals surface area contributed by atoms with Crippen molar-refractivity contribution in [3.05, 3.63) is 0 Å². The van der Waals surface area contributed by atoms with E-state index in [-0.39, 0.29) is 12.4 Å². The summed E-state index contributed by atoms with van der Waals surface area (Å²) >= 11 is 0. The molecule has 0 heterocycles. The second-order valence-electron chi connectivity index (χ2n) is 3.36. The SMILES string of the molecule is CCNCCCOC(=O)OCCCNCC.Cl. The van der Waals surface area contributed by atoms with Crippen molar-refractivity contribution < 1.29 is 14.3 Å². The number of halogens is 1. The molecule has 0 bridgehead atoms. The van der Waals surface area contributed by atoms with Crippen molar-refractivity contribution in [2.75, 3.05) is 39.4 Å². The predicted octanol–water partition coefficient (Wildman–Crippen LogP) is 1.56. The molecule has 0 spiro atoms. The number of nitrogens with one attached hydrogen (secondary N) is 2. The van der Waals surface area contributed by atoms with Gasteiger partial charge in [-0.15, -0.1) is 12.4 Å². The Labute approximate surface area is 110 Å². The molecule has 104 valence electrons. The van der Waals surface area contributed by atoms with Crippen LogP contribution in [-0.4, -0.2) is 45.5 Å². The Morgan fingerprint density at radius 1 is 0.941 bits per heavy atom. The molecule has 0 radical (unpaired) electrons. The van der Waals surface area contributed by atoms with Gasteiger partial charge in [0.1, 0.15) is 0 Å². The third-order valence-electron chi connectivity index (χ3n) is 1.94. The molecule has 0 aliphatic carbocycles. The van der Waals surface area contributed by atoms with E-state index in [0.29, 0.717) is 13.2 Å². The van der Waals surface area contributed by atoms with Gasteiger partial charge in [0.05, 0.1) is 13.2 Å². The lowest BCUT2D eigenvalue weighted by Crippen LogP contribution is -2.19. The predicted molar refractivity (Wildman–Crippen MR) is 70.9 cm³/mol. The fraction of sp³-hybridized carbons (Fsp3) is 0.909. The summed E-state index contributed by atoms with van der Waals surface area (Å²) in [6.45, 7) is 8.52. The molecule has 5 nitrogen and oxygen atoms in total. The summed E-state index contributed by atoms with van der Waals surface area (Å²) in [6.07, 6.45) is 1.08. The molecule has 6 heteroatoms. The lowest BCUT2D eigenvalue weighted by Gasteiger charge is -2.06. The minimum absolute atomic E-state index is 0. The van der Waals surface area contributed by atoms with Gasteiger partial charge in [0.2, 0.25) is 0 Å². The van der Waals surface area contributed by atoms with Crippen molar-refractivity contribution in [1.82, 2.24) is 10.6 Å². The lowest BCUT2D eigenvalue weighted by molar-refractivity contribution is 0.0540. The number of ether oxygens (including phenoxy) is 2. The Kier molecular flexibility index (Phi) is 17.2. The van der Waals surface area contributed by atoms with E-state index in [4.69, 9.17) is 9.47 Å². The van der Waals surface area contributed by atoms with Crippen molar-refractivity contribution in [1.29, 1.82) is 0 Å². The maximum Gasteiger partial charge on any atom is 0.508 e. The number of hydrogen-bond acceptors (Lipinski definition) is 5. The van der Waals surface area contributed by atoms with E-state index in [1.807, 2.05) is 13.8 Å². The highest BCUT2D eigenvalue weighted by molar-refractivity contribution is 5.85. The van der Waals surface area contributed by atoms with Crippen LogP contribution in [0.2, 0.25) is 0 Å². The van der Waals surface area contributed by atoms with Crippen LogP contribution in [0.3, 0.4) is 0 Å². The van der Waals surface area contributed by atoms with E-state index in [1.54, 1.807) is 0 Å². The van der Waals surface area contributed by atoms with E-state index >= 15 is 0 Å².